The lowest BCUT2D eigenvalue weighted by Gasteiger charge is -2.34. The minimum atomic E-state index is -0.00235. The normalized spacial score (nSPS) is 19.7. The zero-order valence-electron chi connectivity index (χ0n) is 11.2. The van der Waals surface area contributed by atoms with Gasteiger partial charge < -0.3 is 5.32 Å². The van der Waals surface area contributed by atoms with Crippen LogP contribution in [0.4, 0.5) is 0 Å². The first-order valence-corrected chi connectivity index (χ1v) is 7.59. The lowest BCUT2D eigenvalue weighted by molar-refractivity contribution is -0.126. The molecule has 0 radical (unpaired) electrons. The molecule has 1 saturated heterocycles. The van der Waals surface area contributed by atoms with E-state index >= 15 is 0 Å². The largest absolute Gasteiger partial charge is 0.350 e. The number of amides is 1. The van der Waals surface area contributed by atoms with Crippen LogP contribution in [0, 0.1) is 5.92 Å². The summed E-state index contributed by atoms with van der Waals surface area (Å²) in [6, 6.07) is 4.07. The van der Waals surface area contributed by atoms with Gasteiger partial charge in [-0.15, -0.1) is 11.3 Å². The van der Waals surface area contributed by atoms with Crippen molar-refractivity contribution in [1.82, 2.24) is 10.2 Å². The molecule has 1 aromatic heterocycles. The Hall–Kier alpha value is -0.870. The van der Waals surface area contributed by atoms with Gasteiger partial charge in [0.25, 0.3) is 0 Å². The lowest BCUT2D eigenvalue weighted by atomic mass is 9.98. The number of hydrogen-bond acceptors (Lipinski definition) is 3. The van der Waals surface area contributed by atoms with Crippen LogP contribution in [0.25, 0.3) is 0 Å². The van der Waals surface area contributed by atoms with E-state index in [0.717, 1.165) is 19.0 Å². The maximum Gasteiger partial charge on any atom is 0.237 e. The maximum atomic E-state index is 12.1. The number of hydrogen-bond donors (Lipinski definition) is 1. The standard InChI is InChI=1S/C14H22N2OS/c1-11-5-7-16(8-6-11)12(2)14(17)15-10-13-4-3-9-18-13/h3-4,9,11-12H,5-8,10H2,1-2H3,(H,15,17)/t12-/m0/s1. The molecule has 18 heavy (non-hydrogen) atoms. The molecule has 0 aliphatic carbocycles. The zero-order valence-corrected chi connectivity index (χ0v) is 12.0. The molecule has 0 unspecified atom stereocenters. The summed E-state index contributed by atoms with van der Waals surface area (Å²) in [5.74, 6) is 0.959. The Bertz CT molecular complexity index is 369. The molecule has 1 N–H and O–H groups in total. The van der Waals surface area contributed by atoms with E-state index in [-0.39, 0.29) is 11.9 Å². The van der Waals surface area contributed by atoms with Crippen LogP contribution in [-0.2, 0) is 11.3 Å². The molecule has 1 aliphatic rings. The summed E-state index contributed by atoms with van der Waals surface area (Å²) in [6.07, 6.45) is 2.42. The van der Waals surface area contributed by atoms with Crippen LogP contribution in [0.3, 0.4) is 0 Å². The molecular formula is C14H22N2OS. The van der Waals surface area contributed by atoms with Crippen molar-refractivity contribution >= 4 is 17.2 Å². The van der Waals surface area contributed by atoms with Crippen LogP contribution in [0.5, 0.6) is 0 Å². The Kier molecular flexibility index (Phi) is 4.78. The predicted octanol–water partition coefficient (Wildman–Crippen LogP) is 2.48. The van der Waals surface area contributed by atoms with Crippen molar-refractivity contribution in [2.24, 2.45) is 5.92 Å². The van der Waals surface area contributed by atoms with Gasteiger partial charge in [0, 0.05) is 4.88 Å². The molecule has 4 heteroatoms. The Labute approximate surface area is 113 Å². The fraction of sp³-hybridized carbons (Fsp3) is 0.643. The second-order valence-corrected chi connectivity index (χ2v) is 6.22. The fourth-order valence-corrected chi connectivity index (χ4v) is 2.96. The molecule has 0 spiro atoms. The molecule has 1 fully saturated rings. The van der Waals surface area contributed by atoms with Crippen molar-refractivity contribution in [1.29, 1.82) is 0 Å². The van der Waals surface area contributed by atoms with Crippen LogP contribution in [0.2, 0.25) is 0 Å². The van der Waals surface area contributed by atoms with E-state index in [0.29, 0.717) is 6.54 Å². The van der Waals surface area contributed by atoms with Gasteiger partial charge in [0.15, 0.2) is 0 Å². The topological polar surface area (TPSA) is 32.3 Å². The van der Waals surface area contributed by atoms with Crippen LogP contribution in [0.1, 0.15) is 31.6 Å². The van der Waals surface area contributed by atoms with Crippen molar-refractivity contribution < 1.29 is 4.79 Å². The van der Waals surface area contributed by atoms with E-state index in [1.54, 1.807) is 11.3 Å². The first kappa shape index (κ1) is 13.6. The number of nitrogens with zero attached hydrogens (tertiary/aromatic N) is 1. The summed E-state index contributed by atoms with van der Waals surface area (Å²) in [5, 5.41) is 5.06. The quantitative estimate of drug-likeness (QED) is 0.908. The van der Waals surface area contributed by atoms with Gasteiger partial charge in [-0.05, 0) is 50.2 Å². The Morgan fingerprint density at radius 1 is 1.56 bits per heavy atom. The van der Waals surface area contributed by atoms with E-state index in [1.807, 2.05) is 18.4 Å². The SMILES string of the molecule is CC1CCN([C@@H](C)C(=O)NCc2cccs2)CC1. The van der Waals surface area contributed by atoms with Crippen molar-refractivity contribution in [2.45, 2.75) is 39.3 Å². The maximum absolute atomic E-state index is 12.1. The summed E-state index contributed by atoms with van der Waals surface area (Å²) in [6.45, 7) is 7.06. The average molecular weight is 266 g/mol. The highest BCUT2D eigenvalue weighted by Crippen LogP contribution is 2.18. The van der Waals surface area contributed by atoms with Crippen molar-refractivity contribution in [3.63, 3.8) is 0 Å². The van der Waals surface area contributed by atoms with Gasteiger partial charge >= 0.3 is 0 Å². The number of rotatable bonds is 4. The zero-order chi connectivity index (χ0) is 13.0. The van der Waals surface area contributed by atoms with Gasteiger partial charge in [0.1, 0.15) is 0 Å². The second-order valence-electron chi connectivity index (χ2n) is 5.19. The number of carbonyl (C=O) groups is 1. The number of nitrogens with one attached hydrogen (secondary N) is 1. The molecule has 3 nitrogen and oxygen atoms in total. The Morgan fingerprint density at radius 3 is 2.89 bits per heavy atom. The van der Waals surface area contributed by atoms with E-state index in [2.05, 4.69) is 23.2 Å². The summed E-state index contributed by atoms with van der Waals surface area (Å²) >= 11 is 1.68. The minimum Gasteiger partial charge on any atom is -0.350 e. The summed E-state index contributed by atoms with van der Waals surface area (Å²) in [5.41, 5.74) is 0. The minimum absolute atomic E-state index is 0.00235. The highest BCUT2D eigenvalue weighted by Gasteiger charge is 2.24. The molecule has 1 amide bonds. The number of likely N-dealkylation sites (tertiary alicyclic amines) is 1. The molecule has 2 rings (SSSR count). The predicted molar refractivity (Wildman–Crippen MR) is 75.6 cm³/mol. The third-order valence-electron chi connectivity index (χ3n) is 3.76. The summed E-state index contributed by atoms with van der Waals surface area (Å²) in [7, 11) is 0. The number of piperidine rings is 1. The molecule has 100 valence electrons. The fourth-order valence-electron chi connectivity index (χ4n) is 2.32. The molecule has 2 heterocycles. The van der Waals surface area contributed by atoms with E-state index in [1.165, 1.54) is 17.7 Å². The number of thiophene rings is 1. The molecule has 0 bridgehead atoms. The third kappa shape index (κ3) is 3.56. The summed E-state index contributed by atoms with van der Waals surface area (Å²) in [4.78, 5) is 15.6. The molecule has 0 saturated carbocycles. The monoisotopic (exact) mass is 266 g/mol. The summed E-state index contributed by atoms with van der Waals surface area (Å²) < 4.78 is 0. The van der Waals surface area contributed by atoms with Crippen LogP contribution < -0.4 is 5.32 Å². The van der Waals surface area contributed by atoms with E-state index < -0.39 is 0 Å². The third-order valence-corrected chi connectivity index (χ3v) is 4.64. The van der Waals surface area contributed by atoms with Gasteiger partial charge in [-0.25, -0.2) is 0 Å². The Morgan fingerprint density at radius 2 is 2.28 bits per heavy atom. The van der Waals surface area contributed by atoms with Gasteiger partial charge in [0.05, 0.1) is 12.6 Å². The van der Waals surface area contributed by atoms with Crippen molar-refractivity contribution in [3.05, 3.63) is 22.4 Å². The van der Waals surface area contributed by atoms with E-state index in [4.69, 9.17) is 0 Å². The van der Waals surface area contributed by atoms with Gasteiger partial charge in [-0.2, -0.15) is 0 Å². The average Bonchev–Trinajstić information content (AvgIpc) is 2.89. The Balaban J connectivity index is 1.77. The van der Waals surface area contributed by atoms with Gasteiger partial charge in [0.2, 0.25) is 5.91 Å². The smallest absolute Gasteiger partial charge is 0.237 e. The highest BCUT2D eigenvalue weighted by molar-refractivity contribution is 7.09. The van der Waals surface area contributed by atoms with Gasteiger partial charge in [-0.3, -0.25) is 9.69 Å². The van der Waals surface area contributed by atoms with Crippen LogP contribution in [0.15, 0.2) is 17.5 Å². The van der Waals surface area contributed by atoms with E-state index in [9.17, 15) is 4.79 Å². The molecular weight excluding hydrogens is 244 g/mol. The van der Waals surface area contributed by atoms with Crippen LogP contribution >= 0.6 is 11.3 Å². The molecule has 1 aliphatic heterocycles. The molecule has 1 aromatic rings. The second kappa shape index (κ2) is 6.34. The first-order valence-electron chi connectivity index (χ1n) is 6.71. The van der Waals surface area contributed by atoms with Gasteiger partial charge in [-0.1, -0.05) is 13.0 Å². The lowest BCUT2D eigenvalue weighted by Crippen LogP contribution is -2.47. The number of carbonyl (C=O) groups excluding carboxylic acids is 1. The first-order chi connectivity index (χ1) is 8.66. The van der Waals surface area contributed by atoms with Crippen molar-refractivity contribution in [2.75, 3.05) is 13.1 Å². The van der Waals surface area contributed by atoms with Crippen LogP contribution in [-0.4, -0.2) is 29.9 Å². The highest BCUT2D eigenvalue weighted by atomic mass is 32.1. The molecule has 0 aromatic carbocycles. The molecule has 1 atom stereocenters. The van der Waals surface area contributed by atoms with Crippen molar-refractivity contribution in [3.8, 4) is 0 Å².